The van der Waals surface area contributed by atoms with E-state index in [2.05, 4.69) is 14.9 Å². The molecule has 16 heteroatoms. The zero-order valence-corrected chi connectivity index (χ0v) is 29.9. The van der Waals surface area contributed by atoms with E-state index in [-0.39, 0.29) is 57.1 Å². The molecule has 0 unspecified atom stereocenters. The number of alkyl halides is 6. The lowest BCUT2D eigenvalue weighted by atomic mass is 9.93. The average molecular weight is 776 g/mol. The predicted octanol–water partition coefficient (Wildman–Crippen LogP) is 7.15. The molecule has 0 spiro atoms. The van der Waals surface area contributed by atoms with Crippen LogP contribution in [0.5, 0.6) is 0 Å². The first kappa shape index (κ1) is 38.0. The molecule has 1 atom stereocenters. The van der Waals surface area contributed by atoms with Crippen LogP contribution < -0.4 is 10.0 Å². The molecule has 3 aliphatic rings. The number of carbonyl (C=O) groups excluding carboxylic acids is 1. The van der Waals surface area contributed by atoms with Crippen LogP contribution in [0.4, 0.5) is 32.0 Å². The highest BCUT2D eigenvalue weighted by molar-refractivity contribution is 7.93. The molecule has 2 aliphatic heterocycles. The molecule has 54 heavy (non-hydrogen) atoms. The van der Waals surface area contributed by atoms with E-state index in [1.54, 1.807) is 6.07 Å². The fraction of sp³-hybridized carbons (Fsp3) is 0.421. The summed E-state index contributed by atoms with van der Waals surface area (Å²) in [7, 11) is -3.78. The monoisotopic (exact) mass is 775 g/mol. The number of fused-ring (bicyclic) bond motifs is 1. The van der Waals surface area contributed by atoms with Gasteiger partial charge in [-0.15, -0.1) is 0 Å². The van der Waals surface area contributed by atoms with Crippen molar-refractivity contribution in [3.8, 4) is 11.3 Å². The second-order valence-electron chi connectivity index (χ2n) is 14.0. The molecule has 3 aromatic carbocycles. The number of nitrogens with zero attached hydrogens (tertiary/aromatic N) is 3. The average Bonchev–Trinajstić information content (AvgIpc) is 4.01. The maximum Gasteiger partial charge on any atom is 0.416 e. The van der Waals surface area contributed by atoms with Crippen molar-refractivity contribution in [2.45, 2.75) is 61.9 Å². The smallest absolute Gasteiger partial charge is 0.379 e. The quantitative estimate of drug-likeness (QED) is 0.165. The summed E-state index contributed by atoms with van der Waals surface area (Å²) in [6.45, 7) is 3.90. The molecule has 2 N–H and O–H groups in total. The van der Waals surface area contributed by atoms with Crippen LogP contribution in [0.3, 0.4) is 0 Å². The van der Waals surface area contributed by atoms with Crippen LogP contribution in [0.25, 0.3) is 22.2 Å². The van der Waals surface area contributed by atoms with Crippen LogP contribution in [0.2, 0.25) is 0 Å². The van der Waals surface area contributed by atoms with Crippen molar-refractivity contribution in [2.24, 2.45) is 0 Å². The van der Waals surface area contributed by atoms with Gasteiger partial charge in [-0.3, -0.25) is 19.3 Å². The van der Waals surface area contributed by atoms with E-state index in [4.69, 9.17) is 9.72 Å². The van der Waals surface area contributed by atoms with E-state index < -0.39 is 45.1 Å². The Morgan fingerprint density at radius 1 is 0.870 bits per heavy atom. The SMILES string of the molecule is O=C(N[C@H](c1ccccc1)C(F)(F)F)c1c(CN2CCC(N3CCOCC3)CC2)c(-c2cccc(C(F)(F)F)c2)nc2ccc(NS(=O)(=O)C3CC3)cc12. The molecular formula is C38H39F6N5O4S. The summed E-state index contributed by atoms with van der Waals surface area (Å²) in [5.41, 5.74) is -1.11. The first-order valence-corrected chi connectivity index (χ1v) is 19.3. The van der Waals surface area contributed by atoms with E-state index >= 15 is 0 Å². The van der Waals surface area contributed by atoms with Gasteiger partial charge in [-0.1, -0.05) is 42.5 Å². The molecular weight excluding hydrogens is 737 g/mol. The number of pyridine rings is 1. The number of morpholine rings is 1. The lowest BCUT2D eigenvalue weighted by Gasteiger charge is -2.40. The zero-order chi connectivity index (χ0) is 38.3. The van der Waals surface area contributed by atoms with Crippen molar-refractivity contribution in [3.05, 3.63) is 95.1 Å². The van der Waals surface area contributed by atoms with Gasteiger partial charge in [-0.2, -0.15) is 26.3 Å². The Morgan fingerprint density at radius 2 is 1.57 bits per heavy atom. The number of halogens is 6. The molecule has 2 saturated heterocycles. The van der Waals surface area contributed by atoms with Gasteiger partial charge in [0.1, 0.15) is 0 Å². The van der Waals surface area contributed by atoms with Crippen molar-refractivity contribution in [2.75, 3.05) is 44.1 Å². The lowest BCUT2D eigenvalue weighted by Crippen LogP contribution is -2.48. The number of hydrogen-bond acceptors (Lipinski definition) is 7. The van der Waals surface area contributed by atoms with Crippen LogP contribution >= 0.6 is 0 Å². The summed E-state index contributed by atoms with van der Waals surface area (Å²) in [6, 6.07) is 13.3. The molecule has 7 rings (SSSR count). The third-order valence-electron chi connectivity index (χ3n) is 10.2. The molecule has 3 heterocycles. The summed E-state index contributed by atoms with van der Waals surface area (Å²) in [5.74, 6) is -1.14. The minimum Gasteiger partial charge on any atom is -0.379 e. The molecule has 9 nitrogen and oxygen atoms in total. The Morgan fingerprint density at radius 3 is 2.22 bits per heavy atom. The first-order valence-electron chi connectivity index (χ1n) is 17.8. The van der Waals surface area contributed by atoms with Gasteiger partial charge in [-0.25, -0.2) is 13.4 Å². The van der Waals surface area contributed by atoms with Gasteiger partial charge in [0.25, 0.3) is 5.91 Å². The Hall–Kier alpha value is -4.25. The number of sulfonamides is 1. The highest BCUT2D eigenvalue weighted by atomic mass is 32.2. The number of amides is 1. The third kappa shape index (κ3) is 8.51. The standard InChI is InChI=1S/C38H39F6N5O4S/c39-37(40,41)26-8-4-7-25(21-26)34-31(23-48-15-13-28(14-16-48)49-17-19-53-20-18-49)33(36(50)46-35(38(42,43)44)24-5-2-1-3-6-24)30-22-27(9-12-32(30)45-34)47-54(51,52)29-10-11-29/h1-9,12,21-22,28-29,35,47H,10-11,13-20,23H2,(H,46,50)/t35-/m1/s1. The fourth-order valence-corrected chi connectivity index (χ4v) is 8.68. The summed E-state index contributed by atoms with van der Waals surface area (Å²) in [6.07, 6.45) is -7.18. The number of likely N-dealkylation sites (tertiary alicyclic amines) is 1. The van der Waals surface area contributed by atoms with E-state index in [1.165, 1.54) is 54.6 Å². The Balaban J connectivity index is 1.37. The molecule has 1 aromatic heterocycles. The topological polar surface area (TPSA) is 104 Å². The van der Waals surface area contributed by atoms with Crippen molar-refractivity contribution < 1.29 is 44.3 Å². The van der Waals surface area contributed by atoms with Crippen LogP contribution in [-0.4, -0.2) is 86.0 Å². The molecule has 0 radical (unpaired) electrons. The van der Waals surface area contributed by atoms with Crippen LogP contribution in [0.15, 0.2) is 72.8 Å². The van der Waals surface area contributed by atoms with Crippen molar-refractivity contribution in [3.63, 3.8) is 0 Å². The third-order valence-corrected chi connectivity index (χ3v) is 12.1. The number of piperidine rings is 1. The van der Waals surface area contributed by atoms with Gasteiger partial charge in [0, 0.05) is 47.9 Å². The summed E-state index contributed by atoms with van der Waals surface area (Å²) < 4.78 is 120. The predicted molar refractivity (Wildman–Crippen MR) is 191 cm³/mol. The Kier molecular flexibility index (Phi) is 10.6. The minimum absolute atomic E-state index is 0.00336. The van der Waals surface area contributed by atoms with Gasteiger partial charge in [0.15, 0.2) is 6.04 Å². The number of aromatic nitrogens is 1. The van der Waals surface area contributed by atoms with Gasteiger partial charge in [0.2, 0.25) is 10.0 Å². The molecule has 0 bridgehead atoms. The summed E-state index contributed by atoms with van der Waals surface area (Å²) >= 11 is 0. The highest BCUT2D eigenvalue weighted by Crippen LogP contribution is 2.39. The van der Waals surface area contributed by atoms with Crippen LogP contribution in [0, 0.1) is 0 Å². The van der Waals surface area contributed by atoms with Crippen molar-refractivity contribution in [1.82, 2.24) is 20.1 Å². The first-order chi connectivity index (χ1) is 25.7. The Bertz CT molecular complexity index is 2100. The van der Waals surface area contributed by atoms with Gasteiger partial charge < -0.3 is 10.1 Å². The van der Waals surface area contributed by atoms with Gasteiger partial charge in [-0.05, 0) is 74.7 Å². The molecule has 3 fully saturated rings. The molecule has 4 aromatic rings. The van der Waals surface area contributed by atoms with Crippen LogP contribution in [0.1, 0.15) is 58.8 Å². The molecule has 1 aliphatic carbocycles. The number of nitrogens with one attached hydrogen (secondary N) is 2. The van der Waals surface area contributed by atoms with E-state index in [1.807, 2.05) is 4.90 Å². The van der Waals surface area contributed by atoms with E-state index in [0.717, 1.165) is 38.1 Å². The van der Waals surface area contributed by atoms with Crippen molar-refractivity contribution in [1.29, 1.82) is 0 Å². The highest BCUT2D eigenvalue weighted by Gasteiger charge is 2.43. The molecule has 288 valence electrons. The lowest BCUT2D eigenvalue weighted by molar-refractivity contribution is -0.155. The second kappa shape index (κ2) is 15.1. The minimum atomic E-state index is -4.92. The van der Waals surface area contributed by atoms with Crippen LogP contribution in [-0.2, 0) is 27.5 Å². The summed E-state index contributed by atoms with van der Waals surface area (Å²) in [4.78, 5) is 23.7. The largest absolute Gasteiger partial charge is 0.416 e. The maximum absolute atomic E-state index is 14.7. The number of anilines is 1. The molecule has 1 amide bonds. The van der Waals surface area contributed by atoms with E-state index in [0.29, 0.717) is 39.1 Å². The number of carbonyl (C=O) groups is 1. The number of ether oxygens (including phenoxy) is 1. The van der Waals surface area contributed by atoms with Gasteiger partial charge >= 0.3 is 12.4 Å². The zero-order valence-electron chi connectivity index (χ0n) is 29.1. The number of rotatable bonds is 10. The van der Waals surface area contributed by atoms with Gasteiger partial charge in [0.05, 0.1) is 40.8 Å². The molecule has 1 saturated carbocycles. The fourth-order valence-electron chi connectivity index (χ4n) is 7.30. The second-order valence-corrected chi connectivity index (χ2v) is 15.9. The number of hydrogen-bond donors (Lipinski definition) is 2. The van der Waals surface area contributed by atoms with Crippen molar-refractivity contribution >= 4 is 32.5 Å². The normalized spacial score (nSPS) is 18.8. The van der Waals surface area contributed by atoms with E-state index in [9.17, 15) is 39.6 Å². The number of benzene rings is 3. The Labute approximate surface area is 308 Å². The summed E-state index contributed by atoms with van der Waals surface area (Å²) in [5, 5.41) is 1.63. The maximum atomic E-state index is 14.7.